The van der Waals surface area contributed by atoms with Crippen LogP contribution >= 0.6 is 0 Å². The zero-order valence-corrected chi connectivity index (χ0v) is 15.2. The highest BCUT2D eigenvalue weighted by atomic mass is 16.7. The lowest BCUT2D eigenvalue weighted by molar-refractivity contribution is -0.117. The minimum atomic E-state index is -0.666. The first kappa shape index (κ1) is 17.2. The highest BCUT2D eigenvalue weighted by Crippen LogP contribution is 2.33. The molecule has 3 heterocycles. The number of guanidine groups is 1. The number of ketones is 1. The molecule has 0 bridgehead atoms. The van der Waals surface area contributed by atoms with E-state index in [4.69, 9.17) is 15.2 Å². The molecule has 1 unspecified atom stereocenters. The molecule has 10 nitrogen and oxygen atoms in total. The van der Waals surface area contributed by atoms with Gasteiger partial charge in [0.2, 0.25) is 18.7 Å². The zero-order valence-electron chi connectivity index (χ0n) is 15.2. The zero-order chi connectivity index (χ0) is 20.0. The van der Waals surface area contributed by atoms with E-state index in [1.54, 1.807) is 11.2 Å². The second kappa shape index (κ2) is 6.59. The monoisotopic (exact) mass is 392 g/mol. The van der Waals surface area contributed by atoms with Gasteiger partial charge in [-0.1, -0.05) is 6.07 Å². The van der Waals surface area contributed by atoms with Gasteiger partial charge in [0.1, 0.15) is 13.0 Å². The molecule has 0 saturated heterocycles. The number of rotatable bonds is 3. The maximum Gasteiger partial charge on any atom is 0.248 e. The van der Waals surface area contributed by atoms with Crippen molar-refractivity contribution in [3.8, 4) is 11.5 Å². The molecule has 0 spiro atoms. The lowest BCUT2D eigenvalue weighted by atomic mass is 9.92. The number of hydrogen-bond donors (Lipinski definition) is 1. The van der Waals surface area contributed by atoms with Crippen molar-refractivity contribution in [2.75, 3.05) is 13.5 Å². The van der Waals surface area contributed by atoms with Crippen LogP contribution < -0.4 is 15.2 Å². The van der Waals surface area contributed by atoms with Crippen LogP contribution in [-0.2, 0) is 16.1 Å². The molecule has 1 aromatic rings. The molecular weight excluding hydrogens is 376 g/mol. The standard InChI is InChI=1S/C19H16N6O4/c20-18(27)12-4-14-13(15(26)5-12)6-21-19(23-14)24-8-22-25(9-24)7-11-1-2-16-17(3-11)29-10-28-16/h1-6,8,13H,7,9-10H2,(H2,20,27). The first-order valence-electron chi connectivity index (χ1n) is 8.91. The van der Waals surface area contributed by atoms with Crippen LogP contribution in [0.3, 0.4) is 0 Å². The van der Waals surface area contributed by atoms with Gasteiger partial charge >= 0.3 is 0 Å². The van der Waals surface area contributed by atoms with Crippen LogP contribution in [0.15, 0.2) is 56.7 Å². The average molecular weight is 392 g/mol. The molecule has 0 aromatic heterocycles. The maximum atomic E-state index is 12.2. The summed E-state index contributed by atoms with van der Waals surface area (Å²) < 4.78 is 10.7. The first-order chi connectivity index (χ1) is 14.1. The molecular formula is C19H16N6O4. The van der Waals surface area contributed by atoms with Crippen molar-refractivity contribution in [1.29, 1.82) is 0 Å². The van der Waals surface area contributed by atoms with Gasteiger partial charge in [-0.2, -0.15) is 5.10 Å². The molecule has 10 heteroatoms. The van der Waals surface area contributed by atoms with Crippen LogP contribution in [0, 0.1) is 5.92 Å². The minimum Gasteiger partial charge on any atom is -0.454 e. The van der Waals surface area contributed by atoms with E-state index in [2.05, 4.69) is 15.1 Å². The Hall–Kier alpha value is -3.95. The number of allylic oxidation sites excluding steroid dienone is 2. The van der Waals surface area contributed by atoms with E-state index in [0.717, 1.165) is 17.1 Å². The quantitative estimate of drug-likeness (QED) is 0.793. The average Bonchev–Trinajstić information content (AvgIpc) is 3.36. The number of primary amides is 1. The molecule has 146 valence electrons. The van der Waals surface area contributed by atoms with Gasteiger partial charge in [0.15, 0.2) is 17.3 Å². The molecule has 3 aliphatic heterocycles. The number of hydrogen-bond acceptors (Lipinski definition) is 9. The molecule has 29 heavy (non-hydrogen) atoms. The van der Waals surface area contributed by atoms with E-state index in [9.17, 15) is 9.59 Å². The fraction of sp³-hybridized carbons (Fsp3) is 0.211. The Kier molecular flexibility index (Phi) is 3.90. The largest absolute Gasteiger partial charge is 0.454 e. The van der Waals surface area contributed by atoms with Crippen LogP contribution in [0.25, 0.3) is 0 Å². The number of nitrogens with two attached hydrogens (primary N) is 1. The van der Waals surface area contributed by atoms with Gasteiger partial charge in [0, 0.05) is 11.8 Å². The van der Waals surface area contributed by atoms with E-state index in [1.807, 2.05) is 23.2 Å². The normalized spacial score (nSPS) is 21.7. The van der Waals surface area contributed by atoms with Crippen LogP contribution in [0.2, 0.25) is 0 Å². The molecule has 5 rings (SSSR count). The fourth-order valence-electron chi connectivity index (χ4n) is 3.34. The highest BCUT2D eigenvalue weighted by Gasteiger charge is 2.30. The summed E-state index contributed by atoms with van der Waals surface area (Å²) in [5, 5.41) is 6.22. The Morgan fingerprint density at radius 2 is 2.10 bits per heavy atom. The smallest absolute Gasteiger partial charge is 0.248 e. The number of carbonyl (C=O) groups excluding carboxylic acids is 2. The molecule has 1 atom stereocenters. The Labute approximate surface area is 165 Å². The van der Waals surface area contributed by atoms with Crippen molar-refractivity contribution < 1.29 is 19.1 Å². The predicted molar refractivity (Wildman–Crippen MR) is 103 cm³/mol. The summed E-state index contributed by atoms with van der Waals surface area (Å²) in [4.78, 5) is 34.1. The third-order valence-electron chi connectivity index (χ3n) is 4.81. The lowest BCUT2D eigenvalue weighted by Gasteiger charge is -2.23. The van der Waals surface area contributed by atoms with Crippen molar-refractivity contribution in [2.45, 2.75) is 6.54 Å². The van der Waals surface area contributed by atoms with Gasteiger partial charge in [0.05, 0.1) is 18.2 Å². The summed E-state index contributed by atoms with van der Waals surface area (Å²) in [7, 11) is 0. The van der Waals surface area contributed by atoms with Crippen LogP contribution in [0.1, 0.15) is 5.56 Å². The van der Waals surface area contributed by atoms with Gasteiger partial charge < -0.3 is 15.2 Å². The van der Waals surface area contributed by atoms with Crippen molar-refractivity contribution in [2.24, 2.45) is 26.7 Å². The first-order valence-corrected chi connectivity index (χ1v) is 8.91. The van der Waals surface area contributed by atoms with Gasteiger partial charge in [-0.25, -0.2) is 9.98 Å². The molecule has 4 aliphatic rings. The van der Waals surface area contributed by atoms with Crippen molar-refractivity contribution in [3.05, 3.63) is 47.2 Å². The maximum absolute atomic E-state index is 12.2. The summed E-state index contributed by atoms with van der Waals surface area (Å²) in [6, 6.07) is 5.77. The van der Waals surface area contributed by atoms with Crippen molar-refractivity contribution in [3.63, 3.8) is 0 Å². The molecule has 2 N–H and O–H groups in total. The van der Waals surface area contributed by atoms with Crippen LogP contribution in [-0.4, -0.2) is 53.6 Å². The Balaban J connectivity index is 1.29. The topological polar surface area (TPSA) is 122 Å². The molecule has 1 amide bonds. The molecule has 1 aromatic carbocycles. The lowest BCUT2D eigenvalue weighted by Crippen LogP contribution is -2.35. The van der Waals surface area contributed by atoms with Crippen LogP contribution in [0.4, 0.5) is 0 Å². The summed E-state index contributed by atoms with van der Waals surface area (Å²) in [5.41, 5.74) is 6.90. The van der Waals surface area contributed by atoms with Crippen molar-refractivity contribution >= 4 is 30.2 Å². The van der Waals surface area contributed by atoms with Gasteiger partial charge in [0.25, 0.3) is 0 Å². The van der Waals surface area contributed by atoms with E-state index >= 15 is 0 Å². The number of ether oxygens (including phenoxy) is 2. The predicted octanol–water partition coefficient (Wildman–Crippen LogP) is 0.369. The molecule has 0 radical (unpaired) electrons. The number of amides is 1. The number of benzene rings is 1. The Morgan fingerprint density at radius 1 is 1.24 bits per heavy atom. The molecule has 0 saturated carbocycles. The van der Waals surface area contributed by atoms with Gasteiger partial charge in [-0.05, 0) is 29.8 Å². The van der Waals surface area contributed by atoms with Gasteiger partial charge in [-0.15, -0.1) is 0 Å². The summed E-state index contributed by atoms with van der Waals surface area (Å²) >= 11 is 0. The number of hydrazone groups is 1. The second-order valence-corrected chi connectivity index (χ2v) is 6.80. The fourth-order valence-corrected chi connectivity index (χ4v) is 3.34. The number of nitrogens with zero attached hydrogens (tertiary/aromatic N) is 5. The van der Waals surface area contributed by atoms with Crippen LogP contribution in [0.5, 0.6) is 11.5 Å². The Bertz CT molecular complexity index is 1070. The van der Waals surface area contributed by atoms with Crippen molar-refractivity contribution in [1.82, 2.24) is 9.91 Å². The Morgan fingerprint density at radius 3 is 2.97 bits per heavy atom. The SMILES string of the molecule is NC(=O)C1=CC(=O)C2C=NC(N3C=NN(Cc4ccc5c(c4)OCO5)C3)=NC2=C1. The summed E-state index contributed by atoms with van der Waals surface area (Å²) in [5.74, 6) is 0.333. The molecule has 0 fully saturated rings. The second-order valence-electron chi connectivity index (χ2n) is 6.80. The molecule has 1 aliphatic carbocycles. The number of fused-ring (bicyclic) bond motifs is 2. The third-order valence-corrected chi connectivity index (χ3v) is 4.81. The third kappa shape index (κ3) is 3.14. The minimum absolute atomic E-state index is 0.138. The van der Waals surface area contributed by atoms with Gasteiger partial charge in [-0.3, -0.25) is 19.5 Å². The number of aliphatic imine (C=N–C) groups is 2. The van der Waals surface area contributed by atoms with E-state index in [1.165, 1.54) is 18.4 Å². The van der Waals surface area contributed by atoms with E-state index in [-0.39, 0.29) is 18.1 Å². The highest BCUT2D eigenvalue weighted by molar-refractivity contribution is 6.14. The number of carbonyl (C=O) groups is 2. The van der Waals surface area contributed by atoms with E-state index < -0.39 is 11.8 Å². The summed E-state index contributed by atoms with van der Waals surface area (Å²) in [6.45, 7) is 1.24. The summed E-state index contributed by atoms with van der Waals surface area (Å²) in [6.07, 6.45) is 5.91. The van der Waals surface area contributed by atoms with E-state index in [0.29, 0.717) is 24.9 Å².